The molecule has 0 saturated heterocycles. The molecule has 154 valence electrons. The minimum atomic E-state index is -4.36. The lowest BCUT2D eigenvalue weighted by molar-refractivity contribution is 0.406. The smallest absolute Gasteiger partial charge is 0.294 e. The van der Waals surface area contributed by atoms with Crippen molar-refractivity contribution in [2.24, 2.45) is 0 Å². The van der Waals surface area contributed by atoms with Gasteiger partial charge in [0.25, 0.3) is 10.1 Å². The Kier molecular flexibility index (Phi) is 8.80. The molecule has 0 aliphatic heterocycles. The standard InChI is InChI=1S/C22H30O5S/c1-2-3-4-5-6-7-8-9-12-18-13-10-11-14-21(18)27-22-16-15-19(17-20(22)23)28(24,25)26/h10-11,13-17,23H,2-9,12H2,1H3,(H,24,25,26). The molecule has 2 aromatic carbocycles. The summed E-state index contributed by atoms with van der Waals surface area (Å²) in [6.45, 7) is 2.22. The summed E-state index contributed by atoms with van der Waals surface area (Å²) < 4.78 is 37.2. The van der Waals surface area contributed by atoms with Gasteiger partial charge in [0.1, 0.15) is 5.75 Å². The number of para-hydroxylation sites is 1. The van der Waals surface area contributed by atoms with Gasteiger partial charge in [-0.3, -0.25) is 4.55 Å². The van der Waals surface area contributed by atoms with E-state index >= 15 is 0 Å². The molecule has 0 heterocycles. The molecular weight excluding hydrogens is 376 g/mol. The maximum Gasteiger partial charge on any atom is 0.294 e. The van der Waals surface area contributed by atoms with Gasteiger partial charge in [0, 0.05) is 6.07 Å². The first kappa shape index (κ1) is 22.2. The van der Waals surface area contributed by atoms with Crippen molar-refractivity contribution < 1.29 is 22.8 Å². The molecule has 2 rings (SSSR count). The lowest BCUT2D eigenvalue weighted by Gasteiger charge is -2.12. The fraction of sp³-hybridized carbons (Fsp3) is 0.455. The second-order valence-electron chi connectivity index (χ2n) is 7.04. The highest BCUT2D eigenvalue weighted by Crippen LogP contribution is 2.34. The van der Waals surface area contributed by atoms with E-state index in [9.17, 15) is 13.5 Å². The van der Waals surface area contributed by atoms with Gasteiger partial charge in [0.15, 0.2) is 11.5 Å². The largest absolute Gasteiger partial charge is 0.504 e. The van der Waals surface area contributed by atoms with Crippen LogP contribution in [0.1, 0.15) is 63.9 Å². The van der Waals surface area contributed by atoms with Gasteiger partial charge in [-0.2, -0.15) is 8.42 Å². The predicted octanol–water partition coefficient (Wildman–Crippen LogP) is 6.11. The second-order valence-corrected chi connectivity index (χ2v) is 8.46. The number of ether oxygens (including phenoxy) is 1. The van der Waals surface area contributed by atoms with E-state index in [1.165, 1.54) is 57.1 Å². The normalized spacial score (nSPS) is 11.5. The van der Waals surface area contributed by atoms with E-state index in [1.807, 2.05) is 24.3 Å². The van der Waals surface area contributed by atoms with E-state index in [1.54, 1.807) is 0 Å². The highest BCUT2D eigenvalue weighted by Gasteiger charge is 2.14. The molecule has 0 aromatic heterocycles. The van der Waals surface area contributed by atoms with Crippen molar-refractivity contribution >= 4 is 10.1 Å². The summed E-state index contributed by atoms with van der Waals surface area (Å²) in [5, 5.41) is 10.0. The minimum absolute atomic E-state index is 0.149. The van der Waals surface area contributed by atoms with Crippen molar-refractivity contribution in [2.45, 2.75) is 69.6 Å². The van der Waals surface area contributed by atoms with E-state index in [0.717, 1.165) is 24.5 Å². The average molecular weight is 407 g/mol. The summed E-state index contributed by atoms with van der Waals surface area (Å²) >= 11 is 0. The maximum atomic E-state index is 11.2. The molecule has 6 heteroatoms. The molecule has 28 heavy (non-hydrogen) atoms. The number of hydrogen-bond acceptors (Lipinski definition) is 4. The van der Waals surface area contributed by atoms with Crippen molar-refractivity contribution in [3.63, 3.8) is 0 Å². The number of phenols is 1. The summed E-state index contributed by atoms with van der Waals surface area (Å²) in [4.78, 5) is -0.371. The Balaban J connectivity index is 1.92. The Morgan fingerprint density at radius 1 is 0.857 bits per heavy atom. The SMILES string of the molecule is CCCCCCCCCCc1ccccc1Oc1ccc(S(=O)(=O)O)cc1O. The Morgan fingerprint density at radius 3 is 2.14 bits per heavy atom. The molecule has 2 N–H and O–H groups in total. The van der Waals surface area contributed by atoms with E-state index in [-0.39, 0.29) is 16.4 Å². The van der Waals surface area contributed by atoms with Gasteiger partial charge in [0.2, 0.25) is 0 Å². The van der Waals surface area contributed by atoms with Crippen molar-refractivity contribution in [1.29, 1.82) is 0 Å². The van der Waals surface area contributed by atoms with Crippen LogP contribution < -0.4 is 4.74 Å². The van der Waals surface area contributed by atoms with Gasteiger partial charge < -0.3 is 9.84 Å². The van der Waals surface area contributed by atoms with Crippen LogP contribution in [-0.2, 0) is 16.5 Å². The summed E-state index contributed by atoms with van der Waals surface area (Å²) in [5.74, 6) is 0.452. The van der Waals surface area contributed by atoms with Crippen LogP contribution in [0.15, 0.2) is 47.4 Å². The monoisotopic (exact) mass is 406 g/mol. The van der Waals surface area contributed by atoms with Gasteiger partial charge in [-0.15, -0.1) is 0 Å². The predicted molar refractivity (Wildman–Crippen MR) is 111 cm³/mol. The number of rotatable bonds is 12. The first-order valence-electron chi connectivity index (χ1n) is 9.98. The average Bonchev–Trinajstić information content (AvgIpc) is 2.66. The summed E-state index contributed by atoms with van der Waals surface area (Å²) in [6.07, 6.45) is 10.9. The van der Waals surface area contributed by atoms with Crippen molar-refractivity contribution in [3.05, 3.63) is 48.0 Å². The molecule has 5 nitrogen and oxygen atoms in total. The quantitative estimate of drug-likeness (QED) is 0.328. The van der Waals surface area contributed by atoms with Crippen LogP contribution >= 0.6 is 0 Å². The molecule has 2 aromatic rings. The molecule has 0 unspecified atom stereocenters. The zero-order valence-corrected chi connectivity index (χ0v) is 17.2. The zero-order valence-electron chi connectivity index (χ0n) is 16.4. The number of aryl methyl sites for hydroxylation is 1. The van der Waals surface area contributed by atoms with E-state index in [4.69, 9.17) is 9.29 Å². The van der Waals surface area contributed by atoms with E-state index in [0.29, 0.717) is 5.75 Å². The Bertz CT molecular complexity index is 846. The number of benzene rings is 2. The first-order chi connectivity index (χ1) is 13.4. The fourth-order valence-electron chi connectivity index (χ4n) is 3.12. The van der Waals surface area contributed by atoms with Crippen LogP contribution in [0.25, 0.3) is 0 Å². The van der Waals surface area contributed by atoms with Gasteiger partial charge >= 0.3 is 0 Å². The molecule has 0 aliphatic rings. The van der Waals surface area contributed by atoms with Crippen LogP contribution in [0.2, 0.25) is 0 Å². The Hall–Kier alpha value is -2.05. The number of unbranched alkanes of at least 4 members (excludes halogenated alkanes) is 7. The molecule has 0 atom stereocenters. The van der Waals surface area contributed by atoms with Gasteiger partial charge in [-0.05, 0) is 36.6 Å². The van der Waals surface area contributed by atoms with E-state index < -0.39 is 10.1 Å². The van der Waals surface area contributed by atoms with Crippen molar-refractivity contribution in [3.8, 4) is 17.2 Å². The lowest BCUT2D eigenvalue weighted by atomic mass is 10.0. The van der Waals surface area contributed by atoms with Crippen LogP contribution in [0.4, 0.5) is 0 Å². The third-order valence-electron chi connectivity index (χ3n) is 4.72. The number of hydrogen-bond donors (Lipinski definition) is 2. The third kappa shape index (κ3) is 7.17. The molecular formula is C22H30O5S. The molecule has 0 saturated carbocycles. The molecule has 0 fully saturated rings. The highest BCUT2D eigenvalue weighted by molar-refractivity contribution is 7.85. The van der Waals surface area contributed by atoms with E-state index in [2.05, 4.69) is 6.92 Å². The summed E-state index contributed by atoms with van der Waals surface area (Å²) in [5.41, 5.74) is 1.05. The molecule has 0 aliphatic carbocycles. The first-order valence-corrected chi connectivity index (χ1v) is 11.4. The number of aromatic hydroxyl groups is 1. The van der Waals surface area contributed by atoms with Crippen LogP contribution in [-0.4, -0.2) is 18.1 Å². The number of phenolic OH excluding ortho intramolecular Hbond substituents is 1. The Labute approximate surface area is 168 Å². The summed E-state index contributed by atoms with van der Waals surface area (Å²) in [6, 6.07) is 11.2. The molecule has 0 radical (unpaired) electrons. The van der Waals surface area contributed by atoms with Crippen LogP contribution in [0.3, 0.4) is 0 Å². The van der Waals surface area contributed by atoms with Gasteiger partial charge in [0.05, 0.1) is 4.90 Å². The maximum absolute atomic E-state index is 11.2. The second kappa shape index (κ2) is 11.1. The third-order valence-corrected chi connectivity index (χ3v) is 5.57. The van der Waals surface area contributed by atoms with Crippen LogP contribution in [0.5, 0.6) is 17.2 Å². The fourth-order valence-corrected chi connectivity index (χ4v) is 3.62. The topological polar surface area (TPSA) is 83.8 Å². The minimum Gasteiger partial charge on any atom is -0.504 e. The van der Waals surface area contributed by atoms with Crippen LogP contribution in [0, 0.1) is 0 Å². The lowest BCUT2D eigenvalue weighted by Crippen LogP contribution is -1.98. The summed E-state index contributed by atoms with van der Waals surface area (Å²) in [7, 11) is -4.36. The highest BCUT2D eigenvalue weighted by atomic mass is 32.2. The van der Waals surface area contributed by atoms with Gasteiger partial charge in [-0.1, -0.05) is 70.1 Å². The zero-order chi connectivity index (χ0) is 20.4. The molecule has 0 spiro atoms. The van der Waals surface area contributed by atoms with Crippen molar-refractivity contribution in [2.75, 3.05) is 0 Å². The van der Waals surface area contributed by atoms with Gasteiger partial charge in [-0.25, -0.2) is 0 Å². The Morgan fingerprint density at radius 2 is 1.50 bits per heavy atom. The van der Waals surface area contributed by atoms with Crippen molar-refractivity contribution in [1.82, 2.24) is 0 Å². The molecule has 0 amide bonds. The molecule has 0 bridgehead atoms.